The number of anilines is 1. The number of hydrogen-bond donors (Lipinski definition) is 2. The molecule has 0 fully saturated rings. The quantitative estimate of drug-likeness (QED) is 0.627. The molecule has 0 amide bonds. The first kappa shape index (κ1) is 13.5. The fourth-order valence-electron chi connectivity index (χ4n) is 1.22. The molecule has 0 atom stereocenters. The number of rotatable bonds is 5. The SMILES string of the molecule is CC(C)Oc1nc(NN)nc(Sc2ccncc2)n1. The molecule has 2 rings (SSSR count). The van der Waals surface area contributed by atoms with E-state index in [0.717, 1.165) is 4.90 Å². The highest BCUT2D eigenvalue weighted by Crippen LogP contribution is 2.25. The number of ether oxygens (including phenoxy) is 1. The normalized spacial score (nSPS) is 10.5. The van der Waals surface area contributed by atoms with Crippen molar-refractivity contribution in [3.8, 4) is 6.01 Å². The minimum Gasteiger partial charge on any atom is -0.461 e. The fourth-order valence-corrected chi connectivity index (χ4v) is 1.95. The summed E-state index contributed by atoms with van der Waals surface area (Å²) < 4.78 is 5.45. The summed E-state index contributed by atoms with van der Waals surface area (Å²) in [5, 5.41) is 0.504. The Balaban J connectivity index is 2.24. The van der Waals surface area contributed by atoms with Crippen LogP contribution < -0.4 is 16.0 Å². The van der Waals surface area contributed by atoms with Gasteiger partial charge in [0.2, 0.25) is 11.1 Å². The summed E-state index contributed by atoms with van der Waals surface area (Å²) in [6.07, 6.45) is 3.39. The van der Waals surface area contributed by atoms with E-state index < -0.39 is 0 Å². The maximum Gasteiger partial charge on any atom is 0.322 e. The summed E-state index contributed by atoms with van der Waals surface area (Å²) in [5.41, 5.74) is 2.40. The molecule has 0 spiro atoms. The van der Waals surface area contributed by atoms with Gasteiger partial charge in [0.05, 0.1) is 6.10 Å². The third kappa shape index (κ3) is 4.04. The maximum atomic E-state index is 5.45. The van der Waals surface area contributed by atoms with Gasteiger partial charge in [0, 0.05) is 17.3 Å². The Hall–Kier alpha value is -1.93. The Labute approximate surface area is 115 Å². The van der Waals surface area contributed by atoms with Gasteiger partial charge in [0.25, 0.3) is 0 Å². The van der Waals surface area contributed by atoms with E-state index in [2.05, 4.69) is 25.4 Å². The molecule has 100 valence electrons. The molecule has 2 aromatic rings. The van der Waals surface area contributed by atoms with Crippen LogP contribution in [0.5, 0.6) is 6.01 Å². The summed E-state index contributed by atoms with van der Waals surface area (Å²) in [5.74, 6) is 5.60. The minimum atomic E-state index is -0.0215. The van der Waals surface area contributed by atoms with Gasteiger partial charge in [-0.25, -0.2) is 5.84 Å². The van der Waals surface area contributed by atoms with Crippen molar-refractivity contribution in [1.82, 2.24) is 19.9 Å². The molecule has 0 saturated carbocycles. The number of nitrogens with one attached hydrogen (secondary N) is 1. The lowest BCUT2D eigenvalue weighted by Crippen LogP contribution is -2.14. The zero-order chi connectivity index (χ0) is 13.7. The van der Waals surface area contributed by atoms with Crippen LogP contribution in [0.3, 0.4) is 0 Å². The molecule has 2 aromatic heterocycles. The number of hydrazine groups is 1. The predicted molar refractivity (Wildman–Crippen MR) is 71.8 cm³/mol. The highest BCUT2D eigenvalue weighted by molar-refractivity contribution is 7.99. The Morgan fingerprint density at radius 3 is 2.58 bits per heavy atom. The van der Waals surface area contributed by atoms with Crippen LogP contribution >= 0.6 is 11.8 Å². The molecule has 7 nitrogen and oxygen atoms in total. The van der Waals surface area contributed by atoms with E-state index in [9.17, 15) is 0 Å². The summed E-state index contributed by atoms with van der Waals surface area (Å²) in [7, 11) is 0. The van der Waals surface area contributed by atoms with Gasteiger partial charge >= 0.3 is 6.01 Å². The molecule has 0 aliphatic heterocycles. The molecule has 3 N–H and O–H groups in total. The topological polar surface area (TPSA) is 98.8 Å². The molecule has 0 unspecified atom stereocenters. The number of pyridine rings is 1. The second-order valence-electron chi connectivity index (χ2n) is 3.82. The van der Waals surface area contributed by atoms with Gasteiger partial charge in [-0.2, -0.15) is 15.0 Å². The number of hydrogen-bond acceptors (Lipinski definition) is 8. The Morgan fingerprint density at radius 2 is 1.95 bits per heavy atom. The molecule has 0 bridgehead atoms. The molecule has 8 heteroatoms. The second-order valence-corrected chi connectivity index (χ2v) is 4.86. The summed E-state index contributed by atoms with van der Waals surface area (Å²) in [6, 6.07) is 3.98. The van der Waals surface area contributed by atoms with Crippen molar-refractivity contribution in [2.75, 3.05) is 5.43 Å². The van der Waals surface area contributed by atoms with Gasteiger partial charge in [0.15, 0.2) is 0 Å². The van der Waals surface area contributed by atoms with E-state index in [0.29, 0.717) is 5.16 Å². The number of nitrogens with zero attached hydrogens (tertiary/aromatic N) is 4. The van der Waals surface area contributed by atoms with E-state index in [1.54, 1.807) is 12.4 Å². The first-order chi connectivity index (χ1) is 9.17. The highest BCUT2D eigenvalue weighted by Gasteiger charge is 2.09. The number of nitrogen functional groups attached to an aromatic ring is 1. The predicted octanol–water partition coefficient (Wildman–Crippen LogP) is 1.49. The molecule has 0 aliphatic carbocycles. The van der Waals surface area contributed by atoms with Crippen LogP contribution in [0.15, 0.2) is 34.6 Å². The van der Waals surface area contributed by atoms with Crippen molar-refractivity contribution in [3.05, 3.63) is 24.5 Å². The smallest absolute Gasteiger partial charge is 0.322 e. The summed E-state index contributed by atoms with van der Waals surface area (Å²) >= 11 is 1.38. The average molecular weight is 278 g/mol. The largest absolute Gasteiger partial charge is 0.461 e. The number of aromatic nitrogens is 4. The molecular formula is C11H14N6OS. The van der Waals surface area contributed by atoms with Gasteiger partial charge in [-0.3, -0.25) is 10.4 Å². The highest BCUT2D eigenvalue weighted by atomic mass is 32.2. The molecule has 19 heavy (non-hydrogen) atoms. The molecular weight excluding hydrogens is 264 g/mol. The van der Waals surface area contributed by atoms with Crippen LogP contribution in [-0.4, -0.2) is 26.0 Å². The second kappa shape index (κ2) is 6.30. The first-order valence-electron chi connectivity index (χ1n) is 5.64. The van der Waals surface area contributed by atoms with Crippen molar-refractivity contribution in [2.45, 2.75) is 30.0 Å². The monoisotopic (exact) mass is 278 g/mol. The van der Waals surface area contributed by atoms with Crippen LogP contribution in [-0.2, 0) is 0 Å². The van der Waals surface area contributed by atoms with E-state index in [1.807, 2.05) is 26.0 Å². The lowest BCUT2D eigenvalue weighted by Gasteiger charge is -2.09. The average Bonchev–Trinajstić information content (AvgIpc) is 2.38. The van der Waals surface area contributed by atoms with Crippen molar-refractivity contribution < 1.29 is 4.74 Å². The number of nitrogens with two attached hydrogens (primary N) is 1. The molecule has 2 heterocycles. The van der Waals surface area contributed by atoms with Gasteiger partial charge in [-0.05, 0) is 37.7 Å². The lowest BCUT2D eigenvalue weighted by atomic mass is 10.5. The van der Waals surface area contributed by atoms with Gasteiger partial charge in [-0.15, -0.1) is 0 Å². The van der Waals surface area contributed by atoms with Gasteiger partial charge in [-0.1, -0.05) is 0 Å². The zero-order valence-electron chi connectivity index (χ0n) is 10.6. The Morgan fingerprint density at radius 1 is 1.21 bits per heavy atom. The van der Waals surface area contributed by atoms with Crippen molar-refractivity contribution in [3.63, 3.8) is 0 Å². The fraction of sp³-hybridized carbons (Fsp3) is 0.273. The first-order valence-corrected chi connectivity index (χ1v) is 6.46. The maximum absolute atomic E-state index is 5.45. The van der Waals surface area contributed by atoms with Crippen LogP contribution in [0.4, 0.5) is 5.95 Å². The third-order valence-electron chi connectivity index (χ3n) is 1.92. The Bertz CT molecular complexity index is 536. The van der Waals surface area contributed by atoms with E-state index in [4.69, 9.17) is 10.6 Å². The van der Waals surface area contributed by atoms with Crippen LogP contribution in [0.2, 0.25) is 0 Å². The van der Waals surface area contributed by atoms with E-state index in [-0.39, 0.29) is 18.1 Å². The van der Waals surface area contributed by atoms with E-state index >= 15 is 0 Å². The summed E-state index contributed by atoms with van der Waals surface area (Å²) in [4.78, 5) is 17.3. The standard InChI is InChI=1S/C11H14N6OS/c1-7(2)18-10-14-9(17-12)15-11(16-10)19-8-3-5-13-6-4-8/h3-7H,12H2,1-2H3,(H,14,15,16,17). The summed E-state index contributed by atoms with van der Waals surface area (Å²) in [6.45, 7) is 3.80. The Kier molecular flexibility index (Phi) is 4.48. The van der Waals surface area contributed by atoms with Crippen LogP contribution in [0.1, 0.15) is 13.8 Å². The third-order valence-corrected chi connectivity index (χ3v) is 2.80. The van der Waals surface area contributed by atoms with Gasteiger partial charge < -0.3 is 4.74 Å². The van der Waals surface area contributed by atoms with Crippen molar-refractivity contribution >= 4 is 17.7 Å². The molecule has 0 aliphatic rings. The van der Waals surface area contributed by atoms with Crippen LogP contribution in [0, 0.1) is 0 Å². The van der Waals surface area contributed by atoms with Crippen LogP contribution in [0.25, 0.3) is 0 Å². The molecule has 0 radical (unpaired) electrons. The molecule has 0 aromatic carbocycles. The van der Waals surface area contributed by atoms with Crippen molar-refractivity contribution in [2.24, 2.45) is 5.84 Å². The zero-order valence-corrected chi connectivity index (χ0v) is 11.4. The van der Waals surface area contributed by atoms with E-state index in [1.165, 1.54) is 11.8 Å². The minimum absolute atomic E-state index is 0.0215. The lowest BCUT2D eigenvalue weighted by molar-refractivity contribution is 0.219. The van der Waals surface area contributed by atoms with Crippen molar-refractivity contribution in [1.29, 1.82) is 0 Å². The van der Waals surface area contributed by atoms with Gasteiger partial charge in [0.1, 0.15) is 0 Å². The molecule has 0 saturated heterocycles.